The number of rotatable bonds is 8. The van der Waals surface area contributed by atoms with Crippen molar-refractivity contribution in [3.05, 3.63) is 59.4 Å². The molecule has 1 aliphatic rings. The number of amides is 1. The summed E-state index contributed by atoms with van der Waals surface area (Å²) in [7, 11) is 0. The van der Waals surface area contributed by atoms with Crippen molar-refractivity contribution in [1.29, 1.82) is 0 Å². The Labute approximate surface area is 168 Å². The van der Waals surface area contributed by atoms with E-state index in [0.717, 1.165) is 42.0 Å². The molecule has 2 N–H and O–H groups in total. The second kappa shape index (κ2) is 10.2. The summed E-state index contributed by atoms with van der Waals surface area (Å²) in [5.74, 6) is 0.576. The molecule has 1 aromatic carbocycles. The van der Waals surface area contributed by atoms with Crippen molar-refractivity contribution in [3.8, 4) is 0 Å². The molecule has 1 atom stereocenters. The number of pyridine rings is 1. The molecule has 5 heteroatoms. The van der Waals surface area contributed by atoms with E-state index >= 15 is 0 Å². The number of benzene rings is 1. The van der Waals surface area contributed by atoms with E-state index in [1.165, 1.54) is 25.8 Å². The Kier molecular flexibility index (Phi) is 7.43. The van der Waals surface area contributed by atoms with Crippen molar-refractivity contribution in [3.63, 3.8) is 0 Å². The number of hydrogen-bond acceptors (Lipinski definition) is 4. The van der Waals surface area contributed by atoms with Crippen molar-refractivity contribution in [2.75, 3.05) is 31.5 Å². The van der Waals surface area contributed by atoms with Crippen molar-refractivity contribution in [2.24, 2.45) is 5.92 Å². The Morgan fingerprint density at radius 3 is 2.96 bits per heavy atom. The monoisotopic (exact) mass is 380 g/mol. The summed E-state index contributed by atoms with van der Waals surface area (Å²) in [6, 6.07) is 9.84. The fraction of sp³-hybridized carbons (Fsp3) is 0.478. The summed E-state index contributed by atoms with van der Waals surface area (Å²) < 4.78 is 0. The molecule has 0 bridgehead atoms. The Morgan fingerprint density at radius 2 is 2.18 bits per heavy atom. The normalized spacial score (nSPS) is 17.3. The van der Waals surface area contributed by atoms with Crippen LogP contribution in [0.25, 0.3) is 0 Å². The van der Waals surface area contributed by atoms with Crippen LogP contribution in [-0.2, 0) is 6.54 Å². The third-order valence-electron chi connectivity index (χ3n) is 5.48. The zero-order chi connectivity index (χ0) is 19.8. The number of likely N-dealkylation sites (tertiary alicyclic amines) is 1. The molecular formula is C23H32N4O. The average Bonchev–Trinajstić information content (AvgIpc) is 2.72. The predicted molar refractivity (Wildman–Crippen MR) is 115 cm³/mol. The van der Waals surface area contributed by atoms with Gasteiger partial charge in [-0.05, 0) is 74.5 Å². The molecule has 1 amide bonds. The minimum Gasteiger partial charge on any atom is -0.381 e. The van der Waals surface area contributed by atoms with Crippen molar-refractivity contribution in [2.45, 2.75) is 39.7 Å². The van der Waals surface area contributed by atoms with Crippen LogP contribution in [0.1, 0.15) is 47.7 Å². The molecule has 0 spiro atoms. The highest BCUT2D eigenvalue weighted by Crippen LogP contribution is 2.20. The van der Waals surface area contributed by atoms with E-state index in [0.29, 0.717) is 12.5 Å². The van der Waals surface area contributed by atoms with Crippen LogP contribution in [0.2, 0.25) is 0 Å². The third kappa shape index (κ3) is 5.55. The first-order valence-corrected chi connectivity index (χ1v) is 10.4. The number of aromatic nitrogens is 1. The average molecular weight is 381 g/mol. The van der Waals surface area contributed by atoms with Crippen molar-refractivity contribution >= 4 is 11.6 Å². The number of nitrogens with one attached hydrogen (secondary N) is 2. The van der Waals surface area contributed by atoms with Crippen LogP contribution in [0.3, 0.4) is 0 Å². The summed E-state index contributed by atoms with van der Waals surface area (Å²) in [6.07, 6.45) is 7.25. The van der Waals surface area contributed by atoms with Gasteiger partial charge in [0.2, 0.25) is 0 Å². The van der Waals surface area contributed by atoms with Gasteiger partial charge in [-0.3, -0.25) is 9.78 Å². The lowest BCUT2D eigenvalue weighted by Crippen LogP contribution is -2.41. The maximum absolute atomic E-state index is 12.8. The Bertz CT molecular complexity index is 760. The lowest BCUT2D eigenvalue weighted by Gasteiger charge is -2.32. The minimum atomic E-state index is 0.0233. The summed E-state index contributed by atoms with van der Waals surface area (Å²) in [6.45, 7) is 9.13. The highest BCUT2D eigenvalue weighted by molar-refractivity contribution is 5.97. The number of piperidine rings is 1. The molecule has 1 saturated heterocycles. The first-order chi connectivity index (χ1) is 13.7. The highest BCUT2D eigenvalue weighted by atomic mass is 16.1. The molecule has 1 aliphatic heterocycles. The summed E-state index contributed by atoms with van der Waals surface area (Å²) in [5, 5.41) is 6.59. The molecule has 150 valence electrons. The van der Waals surface area contributed by atoms with E-state index in [1.54, 1.807) is 6.20 Å². The fourth-order valence-corrected chi connectivity index (χ4v) is 3.94. The van der Waals surface area contributed by atoms with E-state index in [1.807, 2.05) is 43.5 Å². The Balaban J connectivity index is 1.56. The molecule has 2 heterocycles. The second-order valence-electron chi connectivity index (χ2n) is 7.71. The van der Waals surface area contributed by atoms with Crippen molar-refractivity contribution in [1.82, 2.24) is 15.2 Å². The molecule has 2 aromatic rings. The van der Waals surface area contributed by atoms with Gasteiger partial charge in [0.15, 0.2) is 0 Å². The number of carbonyl (C=O) groups is 1. The summed E-state index contributed by atoms with van der Waals surface area (Å²) >= 11 is 0. The Morgan fingerprint density at radius 1 is 1.29 bits per heavy atom. The van der Waals surface area contributed by atoms with Gasteiger partial charge in [0.1, 0.15) is 0 Å². The first-order valence-electron chi connectivity index (χ1n) is 10.4. The number of anilines is 1. The highest BCUT2D eigenvalue weighted by Gasteiger charge is 2.20. The topological polar surface area (TPSA) is 57.3 Å². The summed E-state index contributed by atoms with van der Waals surface area (Å²) in [5.41, 5.74) is 3.84. The minimum absolute atomic E-state index is 0.0233. The zero-order valence-electron chi connectivity index (χ0n) is 17.1. The van der Waals surface area contributed by atoms with Gasteiger partial charge in [-0.15, -0.1) is 0 Å². The van der Waals surface area contributed by atoms with E-state index in [2.05, 4.69) is 27.4 Å². The molecule has 3 rings (SSSR count). The maximum atomic E-state index is 12.8. The predicted octanol–water partition coefficient (Wildman–Crippen LogP) is 3.85. The van der Waals surface area contributed by atoms with Crippen LogP contribution in [0.5, 0.6) is 0 Å². The van der Waals surface area contributed by atoms with Crippen LogP contribution in [0.4, 0.5) is 5.69 Å². The van der Waals surface area contributed by atoms with Crippen LogP contribution in [-0.4, -0.2) is 42.0 Å². The first kappa shape index (κ1) is 20.3. The largest absolute Gasteiger partial charge is 0.381 e. The van der Waals surface area contributed by atoms with Gasteiger partial charge in [0.05, 0.1) is 0 Å². The van der Waals surface area contributed by atoms with Crippen LogP contribution < -0.4 is 10.6 Å². The van der Waals surface area contributed by atoms with Gasteiger partial charge in [-0.1, -0.05) is 19.1 Å². The number of nitrogens with zero attached hydrogens (tertiary/aromatic N) is 2. The quantitative estimate of drug-likeness (QED) is 0.730. The van der Waals surface area contributed by atoms with Crippen LogP contribution >= 0.6 is 0 Å². The van der Waals surface area contributed by atoms with E-state index in [4.69, 9.17) is 0 Å². The zero-order valence-corrected chi connectivity index (χ0v) is 17.1. The standard InChI is InChI=1S/C23H32N4O/c1-3-12-27-13-6-8-20(17-27)16-26-23(28)21-9-4-10-22(18(21)2)25-15-19-7-5-11-24-14-19/h4-5,7,9-11,14,20,25H,3,6,8,12-13,15-17H2,1-2H3,(H,26,28)/t20-/m0/s1. The molecule has 5 nitrogen and oxygen atoms in total. The number of carbonyl (C=O) groups excluding carboxylic acids is 1. The lowest BCUT2D eigenvalue weighted by molar-refractivity contribution is 0.0932. The van der Waals surface area contributed by atoms with E-state index < -0.39 is 0 Å². The molecule has 0 radical (unpaired) electrons. The van der Waals surface area contributed by atoms with Crippen molar-refractivity contribution < 1.29 is 4.79 Å². The van der Waals surface area contributed by atoms with Gasteiger partial charge >= 0.3 is 0 Å². The van der Waals surface area contributed by atoms with Gasteiger partial charge < -0.3 is 15.5 Å². The maximum Gasteiger partial charge on any atom is 0.251 e. The molecule has 28 heavy (non-hydrogen) atoms. The SMILES string of the molecule is CCCN1CCC[C@@H](CNC(=O)c2cccc(NCc3cccnc3)c2C)C1. The van der Waals surface area contributed by atoms with Crippen LogP contribution in [0, 0.1) is 12.8 Å². The smallest absolute Gasteiger partial charge is 0.251 e. The van der Waals surface area contributed by atoms with E-state index in [-0.39, 0.29) is 5.91 Å². The van der Waals surface area contributed by atoms with Crippen LogP contribution in [0.15, 0.2) is 42.7 Å². The van der Waals surface area contributed by atoms with Gasteiger partial charge in [0.25, 0.3) is 5.91 Å². The van der Waals surface area contributed by atoms with E-state index in [9.17, 15) is 4.79 Å². The molecule has 0 saturated carbocycles. The fourth-order valence-electron chi connectivity index (χ4n) is 3.94. The number of hydrogen-bond donors (Lipinski definition) is 2. The van der Waals surface area contributed by atoms with Gasteiger partial charge in [0, 0.05) is 43.3 Å². The molecule has 0 unspecified atom stereocenters. The van der Waals surface area contributed by atoms with Gasteiger partial charge in [-0.25, -0.2) is 0 Å². The second-order valence-corrected chi connectivity index (χ2v) is 7.71. The van der Waals surface area contributed by atoms with Gasteiger partial charge in [-0.2, -0.15) is 0 Å². The third-order valence-corrected chi connectivity index (χ3v) is 5.48. The Hall–Kier alpha value is -2.40. The molecular weight excluding hydrogens is 348 g/mol. The molecule has 0 aliphatic carbocycles. The molecule has 1 fully saturated rings. The molecule has 1 aromatic heterocycles. The lowest BCUT2D eigenvalue weighted by atomic mass is 9.97. The summed E-state index contributed by atoms with van der Waals surface area (Å²) in [4.78, 5) is 19.4.